The molecule has 6 atom stereocenters. The first-order valence-corrected chi connectivity index (χ1v) is 24.0. The van der Waals surface area contributed by atoms with Crippen LogP contribution in [0.15, 0.2) is 73.2 Å². The number of hydrogen-bond acceptors (Lipinski definition) is 10. The van der Waals surface area contributed by atoms with Crippen LogP contribution in [0.2, 0.25) is 0 Å². The Labute approximate surface area is 400 Å². The molecule has 18 nitrogen and oxygen atoms in total. The minimum absolute atomic E-state index is 0.00210. The molecule has 0 bridgehead atoms. The van der Waals surface area contributed by atoms with Crippen LogP contribution >= 0.6 is 0 Å². The number of ether oxygens (including phenoxy) is 1. The van der Waals surface area contributed by atoms with Crippen molar-refractivity contribution >= 4 is 35.8 Å². The van der Waals surface area contributed by atoms with Gasteiger partial charge < -0.3 is 57.2 Å². The minimum atomic E-state index is -1.29. The summed E-state index contributed by atoms with van der Waals surface area (Å²) in [7, 11) is 0. The van der Waals surface area contributed by atoms with Crippen LogP contribution in [-0.2, 0) is 43.2 Å². The molecule has 2 unspecified atom stereocenters. The number of carboxylic acid groups (broad SMARTS) is 1. The second kappa shape index (κ2) is 27.7. The Morgan fingerprint density at radius 3 is 1.90 bits per heavy atom. The summed E-state index contributed by atoms with van der Waals surface area (Å²) in [6.45, 7) is 9.27. The van der Waals surface area contributed by atoms with Crippen molar-refractivity contribution in [3.05, 3.63) is 90.0 Å². The van der Waals surface area contributed by atoms with Gasteiger partial charge in [0.25, 0.3) is 0 Å². The van der Waals surface area contributed by atoms with Crippen molar-refractivity contribution in [1.29, 1.82) is 0 Å². The third kappa shape index (κ3) is 19.7. The van der Waals surface area contributed by atoms with E-state index >= 15 is 0 Å². The molecule has 68 heavy (non-hydrogen) atoms. The van der Waals surface area contributed by atoms with Gasteiger partial charge in [0.2, 0.25) is 17.7 Å². The number of nitrogens with one attached hydrogen (secondary N) is 6. The van der Waals surface area contributed by atoms with E-state index in [0.717, 1.165) is 37.7 Å². The number of imidazole rings is 1. The Balaban J connectivity index is 1.58. The number of unbranched alkanes of at least 4 members (excludes halogenated alkanes) is 1. The molecule has 0 radical (unpaired) electrons. The molecule has 2 aromatic carbocycles. The lowest BCUT2D eigenvalue weighted by atomic mass is 9.83. The molecule has 0 saturated heterocycles. The number of aliphatic hydroxyl groups excluding tert-OH is 1. The van der Waals surface area contributed by atoms with E-state index in [1.807, 2.05) is 50.2 Å². The number of rotatable bonds is 26. The van der Waals surface area contributed by atoms with Gasteiger partial charge in [-0.25, -0.2) is 19.4 Å². The number of aromatic amines is 1. The van der Waals surface area contributed by atoms with E-state index in [1.165, 1.54) is 17.4 Å². The molecular formula is C50H75N9O9. The SMILES string of the molecule is CC(C)CN(CC(O)C(CC1CCCCC1)NC(=O)[C@H](Cc1cnc[nH]1)NC(=O)[C@H](Cc1ccccc1)NC(=O)OC(C)(C)C)C(=O)N[C@@H](CCCCN)C(=O)N[C@@H](Cc1ccccc1)C(=O)O. The number of nitrogens with two attached hydrogens (primary N) is 1. The molecule has 1 fully saturated rings. The second-order valence-corrected chi connectivity index (χ2v) is 19.3. The molecule has 1 aromatic heterocycles. The number of hydrogen-bond donors (Lipinski definition) is 9. The number of carbonyl (C=O) groups is 6. The van der Waals surface area contributed by atoms with Gasteiger partial charge in [-0.2, -0.15) is 0 Å². The number of amides is 6. The Bertz CT molecular complexity index is 2010. The van der Waals surface area contributed by atoms with Crippen molar-refractivity contribution < 1.29 is 43.7 Å². The summed E-state index contributed by atoms with van der Waals surface area (Å²) in [5.74, 6) is -3.02. The molecule has 3 aromatic rings. The number of carbonyl (C=O) groups excluding carboxylic acids is 5. The monoisotopic (exact) mass is 946 g/mol. The number of aromatic nitrogens is 2. The highest BCUT2D eigenvalue weighted by molar-refractivity contribution is 5.92. The summed E-state index contributed by atoms with van der Waals surface area (Å²) in [4.78, 5) is 90.6. The third-order valence-corrected chi connectivity index (χ3v) is 11.7. The molecule has 1 saturated carbocycles. The molecule has 4 rings (SSSR count). The molecule has 6 amide bonds. The first kappa shape index (κ1) is 54.6. The summed E-state index contributed by atoms with van der Waals surface area (Å²) in [5.41, 5.74) is 6.95. The van der Waals surface area contributed by atoms with Crippen LogP contribution in [0.4, 0.5) is 9.59 Å². The van der Waals surface area contributed by atoms with E-state index in [9.17, 15) is 39.0 Å². The highest BCUT2D eigenvalue weighted by Gasteiger charge is 2.35. The maximum absolute atomic E-state index is 14.6. The fourth-order valence-corrected chi connectivity index (χ4v) is 8.34. The third-order valence-electron chi connectivity index (χ3n) is 11.7. The van der Waals surface area contributed by atoms with Crippen LogP contribution in [-0.4, -0.2) is 122 Å². The zero-order valence-corrected chi connectivity index (χ0v) is 40.4. The Kier molecular flexibility index (Phi) is 22.3. The molecule has 1 heterocycles. The van der Waals surface area contributed by atoms with E-state index in [-0.39, 0.29) is 50.6 Å². The van der Waals surface area contributed by atoms with Gasteiger partial charge in [0.15, 0.2) is 0 Å². The van der Waals surface area contributed by atoms with Crippen molar-refractivity contribution in [3.63, 3.8) is 0 Å². The van der Waals surface area contributed by atoms with Crippen molar-refractivity contribution in [1.82, 2.24) is 41.5 Å². The zero-order chi connectivity index (χ0) is 49.6. The molecule has 0 spiro atoms. The van der Waals surface area contributed by atoms with E-state index in [1.54, 1.807) is 45.0 Å². The van der Waals surface area contributed by atoms with Crippen molar-refractivity contribution in [2.24, 2.45) is 17.6 Å². The fourth-order valence-electron chi connectivity index (χ4n) is 8.34. The van der Waals surface area contributed by atoms with Gasteiger partial charge >= 0.3 is 18.1 Å². The average molecular weight is 946 g/mol. The smallest absolute Gasteiger partial charge is 0.408 e. The van der Waals surface area contributed by atoms with Gasteiger partial charge in [-0.3, -0.25) is 14.4 Å². The molecule has 1 aliphatic carbocycles. The van der Waals surface area contributed by atoms with Crippen LogP contribution < -0.4 is 32.3 Å². The summed E-state index contributed by atoms with van der Waals surface area (Å²) < 4.78 is 5.49. The second-order valence-electron chi connectivity index (χ2n) is 19.3. The Morgan fingerprint density at radius 1 is 0.765 bits per heavy atom. The number of urea groups is 1. The predicted molar refractivity (Wildman–Crippen MR) is 258 cm³/mol. The quantitative estimate of drug-likeness (QED) is 0.0510. The topological polar surface area (TPSA) is 270 Å². The van der Waals surface area contributed by atoms with Crippen LogP contribution in [0.25, 0.3) is 0 Å². The van der Waals surface area contributed by atoms with Crippen molar-refractivity contribution in [2.45, 2.75) is 154 Å². The lowest BCUT2D eigenvalue weighted by molar-refractivity contribution is -0.142. The number of benzene rings is 2. The highest BCUT2D eigenvalue weighted by Crippen LogP contribution is 2.28. The normalized spacial score (nSPS) is 15.7. The van der Waals surface area contributed by atoms with Crippen LogP contribution in [0.3, 0.4) is 0 Å². The van der Waals surface area contributed by atoms with Crippen LogP contribution in [0.1, 0.15) is 109 Å². The van der Waals surface area contributed by atoms with Gasteiger partial charge in [0.05, 0.1) is 25.0 Å². The first-order chi connectivity index (χ1) is 32.4. The number of alkyl carbamates (subject to hydrolysis) is 1. The lowest BCUT2D eigenvalue weighted by Gasteiger charge is -2.35. The van der Waals surface area contributed by atoms with Gasteiger partial charge in [-0.1, -0.05) is 107 Å². The van der Waals surface area contributed by atoms with Crippen molar-refractivity contribution in [2.75, 3.05) is 19.6 Å². The maximum Gasteiger partial charge on any atom is 0.408 e. The minimum Gasteiger partial charge on any atom is -0.480 e. The number of aliphatic carboxylic acids is 1. The lowest BCUT2D eigenvalue weighted by Crippen LogP contribution is -2.59. The average Bonchev–Trinajstić information content (AvgIpc) is 3.81. The Morgan fingerprint density at radius 2 is 1.34 bits per heavy atom. The van der Waals surface area contributed by atoms with E-state index in [2.05, 4.69) is 36.6 Å². The standard InChI is InChI=1S/C50H75N9O9/c1-33(2)30-59(48(66)57-38(23-15-16-24-51)44(61)56-42(47(64)65)27-36-21-13-8-14-22-36)31-43(60)39(25-34-17-9-6-10-18-34)54-46(63)41(28-37-29-52-32-53-37)55-45(62)40(26-35-19-11-7-12-20-35)58-49(67)68-50(3,4)5/h7-8,11-14,19-22,29,32-34,38-43,60H,6,9-10,15-18,23-28,30-31,51H2,1-5H3,(H,52,53)(H,54,63)(H,55,62)(H,56,61)(H,57,66)(H,58,67)(H,64,65)/t38-,39?,40-,41-,42-,43?/m0/s1. The van der Waals surface area contributed by atoms with Gasteiger partial charge in [0, 0.05) is 37.7 Å². The zero-order valence-electron chi connectivity index (χ0n) is 40.4. The number of carboxylic acids is 1. The number of aliphatic hydroxyl groups is 1. The summed E-state index contributed by atoms with van der Waals surface area (Å²) in [5, 5.41) is 36.2. The van der Waals surface area contributed by atoms with E-state index in [0.29, 0.717) is 37.1 Å². The predicted octanol–water partition coefficient (Wildman–Crippen LogP) is 4.37. The van der Waals surface area contributed by atoms with Crippen molar-refractivity contribution in [3.8, 4) is 0 Å². The van der Waals surface area contributed by atoms with Gasteiger partial charge in [-0.15, -0.1) is 0 Å². The molecule has 374 valence electrons. The summed E-state index contributed by atoms with van der Waals surface area (Å²) >= 11 is 0. The van der Waals surface area contributed by atoms with Gasteiger partial charge in [-0.05, 0) is 76.0 Å². The Hall–Kier alpha value is -6.01. The van der Waals surface area contributed by atoms with E-state index in [4.69, 9.17) is 10.5 Å². The molecule has 0 aliphatic heterocycles. The number of H-pyrrole nitrogens is 1. The summed E-state index contributed by atoms with van der Waals surface area (Å²) in [6, 6.07) is 11.8. The van der Waals surface area contributed by atoms with Crippen LogP contribution in [0.5, 0.6) is 0 Å². The summed E-state index contributed by atoms with van der Waals surface area (Å²) in [6.07, 6.45) is 7.53. The van der Waals surface area contributed by atoms with Crippen LogP contribution in [0, 0.1) is 11.8 Å². The maximum atomic E-state index is 14.6. The largest absolute Gasteiger partial charge is 0.480 e. The molecule has 10 N–H and O–H groups in total. The first-order valence-electron chi connectivity index (χ1n) is 24.0. The molecular weight excluding hydrogens is 871 g/mol. The molecule has 18 heteroatoms. The number of nitrogens with zero attached hydrogens (tertiary/aromatic N) is 2. The molecule has 1 aliphatic rings. The van der Waals surface area contributed by atoms with Gasteiger partial charge in [0.1, 0.15) is 29.8 Å². The highest BCUT2D eigenvalue weighted by atomic mass is 16.6. The fraction of sp³-hybridized carbons (Fsp3) is 0.580. The van der Waals surface area contributed by atoms with E-state index < -0.39 is 77.7 Å².